The molecule has 1 aliphatic heterocycles. The largest absolute Gasteiger partial charge is 0.299 e. The third kappa shape index (κ3) is 5.27. The Hall–Kier alpha value is -2.14. The minimum atomic E-state index is -1.30. The molecular formula is C24H25ClN2OS. The highest BCUT2D eigenvalue weighted by atomic mass is 35.5. The molecule has 0 aliphatic carbocycles. The van der Waals surface area contributed by atoms with Gasteiger partial charge in [0.05, 0.1) is 17.1 Å². The van der Waals surface area contributed by atoms with Crippen LogP contribution in [0.25, 0.3) is 0 Å². The van der Waals surface area contributed by atoms with Gasteiger partial charge in [0.1, 0.15) is 0 Å². The normalized spacial score (nSPS) is 15.3. The lowest BCUT2D eigenvalue weighted by atomic mass is 10.1. The van der Waals surface area contributed by atoms with Crippen molar-refractivity contribution in [2.75, 3.05) is 17.4 Å². The summed E-state index contributed by atoms with van der Waals surface area (Å²) in [7, 11) is -1.30. The first-order chi connectivity index (χ1) is 14.2. The molecular weight excluding hydrogens is 400 g/mol. The average Bonchev–Trinajstić information content (AvgIpc) is 3.27. The molecule has 0 saturated carbocycles. The first-order valence-corrected chi connectivity index (χ1v) is 11.5. The molecule has 0 spiro atoms. The summed E-state index contributed by atoms with van der Waals surface area (Å²) in [5, 5.41) is 0.706. The van der Waals surface area contributed by atoms with Crippen LogP contribution >= 0.6 is 11.6 Å². The quantitative estimate of drug-likeness (QED) is 0.488. The van der Waals surface area contributed by atoms with Gasteiger partial charge in [-0.3, -0.25) is 9.21 Å². The first-order valence-electron chi connectivity index (χ1n) is 9.99. The van der Waals surface area contributed by atoms with Gasteiger partial charge in [-0.25, -0.2) is 4.21 Å². The van der Waals surface area contributed by atoms with Gasteiger partial charge in [-0.05, 0) is 73.5 Å². The lowest BCUT2D eigenvalue weighted by Crippen LogP contribution is -2.26. The molecule has 1 heterocycles. The van der Waals surface area contributed by atoms with E-state index in [0.29, 0.717) is 11.6 Å². The topological polar surface area (TPSA) is 23.6 Å². The van der Waals surface area contributed by atoms with Gasteiger partial charge in [-0.15, -0.1) is 0 Å². The summed E-state index contributed by atoms with van der Waals surface area (Å²) >= 11 is 6.05. The summed E-state index contributed by atoms with van der Waals surface area (Å²) in [6.45, 7) is 3.82. The van der Waals surface area contributed by atoms with E-state index in [9.17, 15) is 4.21 Å². The number of anilines is 1. The van der Waals surface area contributed by atoms with Gasteiger partial charge < -0.3 is 0 Å². The third-order valence-corrected chi connectivity index (χ3v) is 6.86. The van der Waals surface area contributed by atoms with Gasteiger partial charge in [-0.2, -0.15) is 0 Å². The monoisotopic (exact) mass is 424 g/mol. The highest BCUT2D eigenvalue weighted by Crippen LogP contribution is 2.26. The van der Waals surface area contributed by atoms with E-state index < -0.39 is 11.0 Å². The summed E-state index contributed by atoms with van der Waals surface area (Å²) in [6, 6.07) is 25.8. The Morgan fingerprint density at radius 3 is 2.31 bits per heavy atom. The van der Waals surface area contributed by atoms with Crippen molar-refractivity contribution in [3.8, 4) is 0 Å². The zero-order valence-electron chi connectivity index (χ0n) is 16.3. The van der Waals surface area contributed by atoms with E-state index in [2.05, 4.69) is 23.1 Å². The second-order valence-electron chi connectivity index (χ2n) is 7.38. The number of likely N-dealkylation sites (tertiary alicyclic amines) is 1. The van der Waals surface area contributed by atoms with Crippen molar-refractivity contribution in [2.45, 2.75) is 30.8 Å². The third-order valence-electron chi connectivity index (χ3n) is 5.19. The van der Waals surface area contributed by atoms with Crippen LogP contribution in [0.3, 0.4) is 0 Å². The summed E-state index contributed by atoms with van der Waals surface area (Å²) in [5.74, 6) is 0. The fourth-order valence-corrected chi connectivity index (χ4v) is 5.02. The zero-order chi connectivity index (χ0) is 20.1. The Morgan fingerprint density at radius 1 is 0.862 bits per heavy atom. The number of hydrogen-bond acceptors (Lipinski definition) is 2. The van der Waals surface area contributed by atoms with E-state index >= 15 is 0 Å². The highest BCUT2D eigenvalue weighted by molar-refractivity contribution is 7.86. The van der Waals surface area contributed by atoms with Gasteiger partial charge in [0, 0.05) is 11.6 Å². The molecule has 0 N–H and O–H groups in total. The first kappa shape index (κ1) is 20.1. The molecule has 1 atom stereocenters. The second kappa shape index (κ2) is 9.57. The van der Waals surface area contributed by atoms with Crippen LogP contribution in [-0.4, -0.2) is 22.2 Å². The van der Waals surface area contributed by atoms with E-state index in [1.807, 2.05) is 65.0 Å². The molecule has 1 aliphatic rings. The molecule has 3 aromatic rings. The molecule has 5 heteroatoms. The van der Waals surface area contributed by atoms with Crippen molar-refractivity contribution in [3.05, 3.63) is 95.0 Å². The van der Waals surface area contributed by atoms with Crippen molar-refractivity contribution < 1.29 is 4.21 Å². The predicted molar refractivity (Wildman–Crippen MR) is 121 cm³/mol. The molecule has 1 fully saturated rings. The van der Waals surface area contributed by atoms with Crippen molar-refractivity contribution in [1.82, 2.24) is 4.90 Å². The molecule has 0 radical (unpaired) electrons. The molecule has 1 saturated heterocycles. The molecule has 0 bridgehead atoms. The van der Waals surface area contributed by atoms with E-state index in [1.165, 1.54) is 18.4 Å². The maximum absolute atomic E-state index is 13.5. The highest BCUT2D eigenvalue weighted by Gasteiger charge is 2.18. The van der Waals surface area contributed by atoms with E-state index in [4.69, 9.17) is 11.6 Å². The number of benzene rings is 3. The Kier molecular flexibility index (Phi) is 6.65. The lowest BCUT2D eigenvalue weighted by molar-refractivity contribution is 0.331. The lowest BCUT2D eigenvalue weighted by Gasteiger charge is -2.25. The Labute approximate surface area is 180 Å². The van der Waals surface area contributed by atoms with Crippen molar-refractivity contribution in [2.24, 2.45) is 0 Å². The maximum Gasteiger partial charge on any atom is 0.153 e. The maximum atomic E-state index is 13.5. The second-order valence-corrected chi connectivity index (χ2v) is 9.23. The van der Waals surface area contributed by atoms with Crippen LogP contribution in [0.2, 0.25) is 5.02 Å². The van der Waals surface area contributed by atoms with Crippen LogP contribution in [0.15, 0.2) is 83.8 Å². The molecule has 150 valence electrons. The Bertz CT molecular complexity index is 956. The zero-order valence-corrected chi connectivity index (χ0v) is 17.9. The van der Waals surface area contributed by atoms with Crippen molar-refractivity contribution in [1.29, 1.82) is 0 Å². The van der Waals surface area contributed by atoms with Crippen LogP contribution in [0.4, 0.5) is 5.69 Å². The van der Waals surface area contributed by atoms with E-state index in [1.54, 1.807) is 0 Å². The predicted octanol–water partition coefficient (Wildman–Crippen LogP) is 5.67. The number of nitrogens with zero attached hydrogens (tertiary/aromatic N) is 2. The summed E-state index contributed by atoms with van der Waals surface area (Å²) in [6.07, 6.45) is 2.56. The summed E-state index contributed by atoms with van der Waals surface area (Å²) in [5.41, 5.74) is 3.30. The summed E-state index contributed by atoms with van der Waals surface area (Å²) < 4.78 is 15.4. The molecule has 29 heavy (non-hydrogen) atoms. The smallest absolute Gasteiger partial charge is 0.153 e. The van der Waals surface area contributed by atoms with Gasteiger partial charge in [0.2, 0.25) is 0 Å². The Morgan fingerprint density at radius 2 is 1.59 bits per heavy atom. The number of halogens is 1. The molecule has 0 aromatic heterocycles. The van der Waals surface area contributed by atoms with Gasteiger partial charge in [0.15, 0.2) is 11.0 Å². The number of rotatable bonds is 7. The van der Waals surface area contributed by atoms with Crippen LogP contribution in [0.1, 0.15) is 24.0 Å². The van der Waals surface area contributed by atoms with E-state index in [-0.39, 0.29) is 0 Å². The molecule has 0 amide bonds. The minimum absolute atomic E-state index is 0.547. The van der Waals surface area contributed by atoms with Crippen LogP contribution < -0.4 is 4.31 Å². The van der Waals surface area contributed by atoms with Crippen LogP contribution in [-0.2, 0) is 24.1 Å². The standard InChI is InChI=1S/C24H25ClN2OS/c25-22-13-11-20(12-14-22)19-27(29(28)24-9-2-1-3-10-24)23-8-6-7-21(17-23)18-26-15-4-5-16-26/h1-3,6-14,17H,4-5,15-16,18-19H2. The van der Waals surface area contributed by atoms with Gasteiger partial charge in [-0.1, -0.05) is 54.1 Å². The molecule has 4 rings (SSSR count). The van der Waals surface area contributed by atoms with Crippen molar-refractivity contribution >= 4 is 28.3 Å². The van der Waals surface area contributed by atoms with E-state index in [0.717, 1.165) is 35.8 Å². The van der Waals surface area contributed by atoms with Crippen molar-refractivity contribution in [3.63, 3.8) is 0 Å². The molecule has 3 aromatic carbocycles. The SMILES string of the molecule is O=S(c1ccccc1)N(Cc1ccc(Cl)cc1)c1cccc(CN2CCCC2)c1. The Balaban J connectivity index is 1.63. The fourth-order valence-electron chi connectivity index (χ4n) is 3.67. The molecule has 3 nitrogen and oxygen atoms in total. The fraction of sp³-hybridized carbons (Fsp3) is 0.250. The van der Waals surface area contributed by atoms with Gasteiger partial charge >= 0.3 is 0 Å². The van der Waals surface area contributed by atoms with Gasteiger partial charge in [0.25, 0.3) is 0 Å². The van der Waals surface area contributed by atoms with Crippen LogP contribution in [0, 0.1) is 0 Å². The number of hydrogen-bond donors (Lipinski definition) is 0. The van der Waals surface area contributed by atoms with Crippen LogP contribution in [0.5, 0.6) is 0 Å². The summed E-state index contributed by atoms with van der Waals surface area (Å²) in [4.78, 5) is 3.28. The minimum Gasteiger partial charge on any atom is -0.299 e. The molecule has 1 unspecified atom stereocenters. The average molecular weight is 425 g/mol.